The van der Waals surface area contributed by atoms with Crippen LogP contribution in [-0.4, -0.2) is 24.6 Å². The Kier molecular flexibility index (Phi) is 5.00. The molecule has 0 unspecified atom stereocenters. The Morgan fingerprint density at radius 3 is 2.33 bits per heavy atom. The predicted octanol–water partition coefficient (Wildman–Crippen LogP) is 2.54. The van der Waals surface area contributed by atoms with E-state index in [1.54, 1.807) is 24.1 Å². The van der Waals surface area contributed by atoms with E-state index in [1.807, 2.05) is 42.5 Å². The molecule has 2 aromatic rings. The summed E-state index contributed by atoms with van der Waals surface area (Å²) in [5, 5.41) is 0. The zero-order valence-corrected chi connectivity index (χ0v) is 12.5. The molecule has 0 fully saturated rings. The summed E-state index contributed by atoms with van der Waals surface area (Å²) in [4.78, 5) is 25.9. The van der Waals surface area contributed by atoms with Crippen LogP contribution in [0, 0.1) is 0 Å². The van der Waals surface area contributed by atoms with Crippen molar-refractivity contribution in [2.75, 3.05) is 17.7 Å². The van der Waals surface area contributed by atoms with Crippen LogP contribution in [0.15, 0.2) is 59.5 Å². The fourth-order valence-corrected chi connectivity index (χ4v) is 2.65. The van der Waals surface area contributed by atoms with Crippen molar-refractivity contribution in [2.24, 2.45) is 5.73 Å². The molecule has 5 heteroatoms. The molecule has 108 valence electrons. The molecular formula is C16H16N2O2S. The van der Waals surface area contributed by atoms with E-state index in [2.05, 4.69) is 0 Å². The van der Waals surface area contributed by atoms with Crippen LogP contribution < -0.4 is 10.6 Å². The molecule has 4 nitrogen and oxygen atoms in total. The lowest BCUT2D eigenvalue weighted by molar-refractivity contribution is -0.115. The number of hydrogen-bond acceptors (Lipinski definition) is 3. The van der Waals surface area contributed by atoms with Gasteiger partial charge in [-0.1, -0.05) is 30.3 Å². The fourth-order valence-electron chi connectivity index (χ4n) is 1.87. The Labute approximate surface area is 127 Å². The number of anilines is 1. The number of nitrogens with two attached hydrogens (primary N) is 1. The molecule has 2 N–H and O–H groups in total. The molecule has 0 heterocycles. The van der Waals surface area contributed by atoms with Crippen molar-refractivity contribution in [3.8, 4) is 0 Å². The van der Waals surface area contributed by atoms with Gasteiger partial charge in [-0.25, -0.2) is 0 Å². The van der Waals surface area contributed by atoms with Gasteiger partial charge in [0.15, 0.2) is 0 Å². The Bertz CT molecular complexity index is 644. The quantitative estimate of drug-likeness (QED) is 0.863. The van der Waals surface area contributed by atoms with Gasteiger partial charge in [0, 0.05) is 17.6 Å². The Morgan fingerprint density at radius 1 is 1.05 bits per heavy atom. The summed E-state index contributed by atoms with van der Waals surface area (Å²) in [7, 11) is 1.73. The zero-order chi connectivity index (χ0) is 15.2. The molecular weight excluding hydrogens is 284 g/mol. The highest BCUT2D eigenvalue weighted by Gasteiger charge is 2.17. The molecule has 0 bridgehead atoms. The number of hydrogen-bond donors (Lipinski definition) is 1. The summed E-state index contributed by atoms with van der Waals surface area (Å²) < 4.78 is 0. The van der Waals surface area contributed by atoms with Crippen LogP contribution in [-0.2, 0) is 4.79 Å². The van der Waals surface area contributed by atoms with Gasteiger partial charge in [0.2, 0.25) is 5.91 Å². The van der Waals surface area contributed by atoms with Crippen molar-refractivity contribution in [3.05, 3.63) is 60.2 Å². The van der Waals surface area contributed by atoms with Crippen LogP contribution in [0.2, 0.25) is 0 Å². The van der Waals surface area contributed by atoms with E-state index < -0.39 is 5.91 Å². The van der Waals surface area contributed by atoms with E-state index in [4.69, 9.17) is 5.73 Å². The van der Waals surface area contributed by atoms with Crippen LogP contribution in [0.1, 0.15) is 10.4 Å². The highest BCUT2D eigenvalue weighted by atomic mass is 32.2. The largest absolute Gasteiger partial charge is 0.369 e. The van der Waals surface area contributed by atoms with Gasteiger partial charge in [-0.15, -0.1) is 11.8 Å². The molecule has 2 amide bonds. The number of amides is 2. The zero-order valence-electron chi connectivity index (χ0n) is 11.7. The third-order valence-electron chi connectivity index (χ3n) is 2.94. The summed E-state index contributed by atoms with van der Waals surface area (Å²) in [6.07, 6.45) is 0. The molecule has 0 aliphatic heterocycles. The van der Waals surface area contributed by atoms with E-state index in [1.165, 1.54) is 11.8 Å². The van der Waals surface area contributed by atoms with E-state index in [9.17, 15) is 9.59 Å². The number of carbonyl (C=O) groups excluding carboxylic acids is 2. The maximum atomic E-state index is 12.6. The van der Waals surface area contributed by atoms with E-state index >= 15 is 0 Å². The minimum Gasteiger partial charge on any atom is -0.369 e. The first-order valence-electron chi connectivity index (χ1n) is 6.43. The first-order chi connectivity index (χ1) is 10.1. The number of primary amides is 1. The van der Waals surface area contributed by atoms with Gasteiger partial charge in [0.05, 0.1) is 11.3 Å². The molecule has 0 aliphatic carbocycles. The molecule has 0 atom stereocenters. The first kappa shape index (κ1) is 15.1. The van der Waals surface area contributed by atoms with Gasteiger partial charge in [0.25, 0.3) is 5.91 Å². The predicted molar refractivity (Wildman–Crippen MR) is 85.5 cm³/mol. The summed E-state index contributed by atoms with van der Waals surface area (Å²) in [6.45, 7) is 0. The van der Waals surface area contributed by atoms with Crippen LogP contribution in [0.3, 0.4) is 0 Å². The lowest BCUT2D eigenvalue weighted by Crippen LogP contribution is -2.26. The highest BCUT2D eigenvalue weighted by Crippen LogP contribution is 2.25. The topological polar surface area (TPSA) is 63.4 Å². The summed E-state index contributed by atoms with van der Waals surface area (Å²) in [5.41, 5.74) is 6.54. The van der Waals surface area contributed by atoms with Gasteiger partial charge >= 0.3 is 0 Å². The molecule has 0 saturated heterocycles. The number of thioether (sulfide) groups is 1. The molecule has 0 aliphatic rings. The molecule has 0 aromatic heterocycles. The van der Waals surface area contributed by atoms with E-state index in [0.29, 0.717) is 5.56 Å². The van der Waals surface area contributed by atoms with Crippen molar-refractivity contribution in [1.29, 1.82) is 0 Å². The second-order valence-corrected chi connectivity index (χ2v) is 5.47. The highest BCUT2D eigenvalue weighted by molar-refractivity contribution is 8.00. The number of carbonyl (C=O) groups is 2. The van der Waals surface area contributed by atoms with Gasteiger partial charge < -0.3 is 10.6 Å². The standard InChI is InChI=1S/C16H16N2O2S/c1-18(12-7-3-2-4-8-12)16(20)13-9-5-6-10-14(13)21-11-15(17)19/h2-10H,11H2,1H3,(H2,17,19). The van der Waals surface area contributed by atoms with Crippen molar-refractivity contribution in [3.63, 3.8) is 0 Å². The molecule has 21 heavy (non-hydrogen) atoms. The minimum atomic E-state index is -0.404. The average Bonchev–Trinajstić information content (AvgIpc) is 2.52. The molecule has 0 spiro atoms. The van der Waals surface area contributed by atoms with Crippen molar-refractivity contribution in [2.45, 2.75) is 4.90 Å². The van der Waals surface area contributed by atoms with Gasteiger partial charge in [-0.3, -0.25) is 9.59 Å². The Morgan fingerprint density at radius 2 is 1.67 bits per heavy atom. The molecule has 0 saturated carbocycles. The summed E-state index contributed by atoms with van der Waals surface area (Å²) in [5.74, 6) is -0.369. The van der Waals surface area contributed by atoms with Crippen LogP contribution >= 0.6 is 11.8 Å². The SMILES string of the molecule is CN(C(=O)c1ccccc1SCC(N)=O)c1ccccc1. The van der Waals surface area contributed by atoms with E-state index in [-0.39, 0.29) is 11.7 Å². The first-order valence-corrected chi connectivity index (χ1v) is 7.41. The van der Waals surface area contributed by atoms with Gasteiger partial charge in [0.1, 0.15) is 0 Å². The fraction of sp³-hybridized carbons (Fsp3) is 0.125. The maximum absolute atomic E-state index is 12.6. The van der Waals surface area contributed by atoms with Crippen LogP contribution in [0.5, 0.6) is 0 Å². The number of rotatable bonds is 5. The summed E-state index contributed by atoms with van der Waals surface area (Å²) >= 11 is 1.27. The third-order valence-corrected chi connectivity index (χ3v) is 4.03. The Hall–Kier alpha value is -2.27. The third kappa shape index (κ3) is 3.86. The lowest BCUT2D eigenvalue weighted by atomic mass is 10.2. The number of benzene rings is 2. The van der Waals surface area contributed by atoms with Crippen molar-refractivity contribution in [1.82, 2.24) is 0 Å². The average molecular weight is 300 g/mol. The molecule has 2 rings (SSSR count). The van der Waals surface area contributed by atoms with Crippen molar-refractivity contribution >= 4 is 29.3 Å². The molecule has 0 radical (unpaired) electrons. The van der Waals surface area contributed by atoms with Crippen LogP contribution in [0.25, 0.3) is 0 Å². The lowest BCUT2D eigenvalue weighted by Gasteiger charge is -2.18. The summed E-state index contributed by atoms with van der Waals surface area (Å²) in [6, 6.07) is 16.6. The smallest absolute Gasteiger partial charge is 0.259 e. The number of nitrogens with zero attached hydrogens (tertiary/aromatic N) is 1. The normalized spacial score (nSPS) is 10.1. The van der Waals surface area contributed by atoms with Gasteiger partial charge in [-0.2, -0.15) is 0 Å². The van der Waals surface area contributed by atoms with E-state index in [0.717, 1.165) is 10.6 Å². The maximum Gasteiger partial charge on any atom is 0.259 e. The second-order valence-electron chi connectivity index (χ2n) is 4.45. The second kappa shape index (κ2) is 6.95. The van der Waals surface area contributed by atoms with Crippen molar-refractivity contribution < 1.29 is 9.59 Å². The van der Waals surface area contributed by atoms with Crippen LogP contribution in [0.4, 0.5) is 5.69 Å². The van der Waals surface area contributed by atoms with Gasteiger partial charge in [-0.05, 0) is 24.3 Å². The monoisotopic (exact) mass is 300 g/mol. The number of para-hydroxylation sites is 1. The molecule has 2 aromatic carbocycles. The minimum absolute atomic E-state index is 0.117. The Balaban J connectivity index is 2.25.